The summed E-state index contributed by atoms with van der Waals surface area (Å²) in [6.07, 6.45) is 0.495. The lowest BCUT2D eigenvalue weighted by atomic mass is 9.76. The summed E-state index contributed by atoms with van der Waals surface area (Å²) in [7, 11) is -1.62. The van der Waals surface area contributed by atoms with Crippen molar-refractivity contribution in [2.75, 3.05) is 6.61 Å². The van der Waals surface area contributed by atoms with Crippen LogP contribution in [0.1, 0.15) is 17.5 Å². The molecule has 6 heteroatoms. The minimum Gasteiger partial charge on any atom is -0.493 e. The highest BCUT2D eigenvalue weighted by Crippen LogP contribution is 2.12. The molecular formula is C18H22BNO4. The highest BCUT2D eigenvalue weighted by molar-refractivity contribution is 6.43. The van der Waals surface area contributed by atoms with E-state index in [1.165, 1.54) is 0 Å². The predicted octanol–water partition coefficient (Wildman–Crippen LogP) is 1.50. The zero-order chi connectivity index (χ0) is 17.4. The van der Waals surface area contributed by atoms with Gasteiger partial charge in [-0.1, -0.05) is 42.5 Å². The monoisotopic (exact) mass is 327 g/mol. The van der Waals surface area contributed by atoms with Crippen LogP contribution >= 0.6 is 0 Å². The van der Waals surface area contributed by atoms with Gasteiger partial charge in [0.15, 0.2) is 0 Å². The fraction of sp³-hybridized carbons (Fsp3) is 0.278. The topological polar surface area (TPSA) is 78.8 Å². The van der Waals surface area contributed by atoms with Crippen molar-refractivity contribution in [1.82, 2.24) is 5.32 Å². The van der Waals surface area contributed by atoms with Crippen LogP contribution in [0.25, 0.3) is 0 Å². The number of carbonyl (C=O) groups is 1. The molecule has 0 bridgehead atoms. The normalized spacial score (nSPS) is 11.6. The highest BCUT2D eigenvalue weighted by Gasteiger charge is 2.25. The molecule has 3 N–H and O–H groups in total. The summed E-state index contributed by atoms with van der Waals surface area (Å²) in [5, 5.41) is 21.6. The molecule has 1 atom stereocenters. The average Bonchev–Trinajstić information content (AvgIpc) is 2.55. The van der Waals surface area contributed by atoms with Gasteiger partial charge in [0, 0.05) is 0 Å². The summed E-state index contributed by atoms with van der Waals surface area (Å²) in [6.45, 7) is 2.20. The second-order valence-electron chi connectivity index (χ2n) is 5.69. The Bertz CT molecular complexity index is 648. The second kappa shape index (κ2) is 9.10. The Balaban J connectivity index is 1.80. The van der Waals surface area contributed by atoms with Gasteiger partial charge >= 0.3 is 7.12 Å². The number of aryl methyl sites for hydroxylation is 1. The first-order chi connectivity index (χ1) is 11.5. The van der Waals surface area contributed by atoms with Gasteiger partial charge < -0.3 is 20.1 Å². The van der Waals surface area contributed by atoms with Gasteiger partial charge in [-0.05, 0) is 36.6 Å². The standard InChI is InChI=1S/C18H22BNO4/c1-14-6-5-9-16(12-14)24-11-10-18(21)20-17(19(22)23)13-15-7-3-2-4-8-15/h2-9,12,17,22-23H,10-11,13H2,1H3,(H,20,21)/t17-/m0/s1. The van der Waals surface area contributed by atoms with Crippen LogP contribution in [0, 0.1) is 6.92 Å². The maximum absolute atomic E-state index is 12.0. The van der Waals surface area contributed by atoms with Crippen molar-refractivity contribution in [3.63, 3.8) is 0 Å². The minimum absolute atomic E-state index is 0.145. The Hall–Kier alpha value is -2.31. The van der Waals surface area contributed by atoms with Crippen LogP contribution in [0.5, 0.6) is 5.75 Å². The number of nitrogens with one attached hydrogen (secondary N) is 1. The van der Waals surface area contributed by atoms with Crippen LogP contribution < -0.4 is 10.1 Å². The van der Waals surface area contributed by atoms with Crippen molar-refractivity contribution < 1.29 is 19.6 Å². The summed E-state index contributed by atoms with van der Waals surface area (Å²) in [5.74, 6) is -0.318. The Morgan fingerprint density at radius 3 is 2.58 bits per heavy atom. The minimum atomic E-state index is -1.62. The quantitative estimate of drug-likeness (QED) is 0.642. The molecule has 0 aliphatic rings. The Labute approximate surface area is 142 Å². The van der Waals surface area contributed by atoms with E-state index in [1.54, 1.807) is 0 Å². The molecular weight excluding hydrogens is 305 g/mol. The lowest BCUT2D eigenvalue weighted by Gasteiger charge is -2.18. The molecule has 0 saturated carbocycles. The Morgan fingerprint density at radius 2 is 1.92 bits per heavy atom. The smallest absolute Gasteiger partial charge is 0.475 e. The first kappa shape index (κ1) is 18.0. The summed E-state index contributed by atoms with van der Waals surface area (Å²) >= 11 is 0. The molecule has 0 saturated heterocycles. The number of ether oxygens (including phenoxy) is 1. The van der Waals surface area contributed by atoms with E-state index < -0.39 is 13.1 Å². The molecule has 0 aliphatic heterocycles. The van der Waals surface area contributed by atoms with E-state index in [2.05, 4.69) is 5.32 Å². The predicted molar refractivity (Wildman–Crippen MR) is 93.6 cm³/mol. The van der Waals surface area contributed by atoms with E-state index in [4.69, 9.17) is 4.74 Å². The SMILES string of the molecule is Cc1cccc(OCCC(=O)N[C@@H](Cc2ccccc2)B(O)O)c1. The van der Waals surface area contributed by atoms with E-state index in [-0.39, 0.29) is 18.9 Å². The fourth-order valence-electron chi connectivity index (χ4n) is 2.34. The molecule has 0 spiro atoms. The number of hydrogen-bond donors (Lipinski definition) is 3. The van der Waals surface area contributed by atoms with E-state index in [0.717, 1.165) is 11.1 Å². The molecule has 2 aromatic rings. The lowest BCUT2D eigenvalue weighted by Crippen LogP contribution is -2.48. The van der Waals surface area contributed by atoms with Gasteiger partial charge in [-0.3, -0.25) is 4.79 Å². The van der Waals surface area contributed by atoms with Gasteiger partial charge in [0.05, 0.1) is 19.0 Å². The van der Waals surface area contributed by atoms with Crippen molar-refractivity contribution in [1.29, 1.82) is 0 Å². The molecule has 0 fully saturated rings. The van der Waals surface area contributed by atoms with Gasteiger partial charge in [0.2, 0.25) is 5.91 Å². The van der Waals surface area contributed by atoms with Crippen LogP contribution in [0.4, 0.5) is 0 Å². The Morgan fingerprint density at radius 1 is 1.17 bits per heavy atom. The third kappa shape index (κ3) is 6.06. The second-order valence-corrected chi connectivity index (χ2v) is 5.69. The first-order valence-corrected chi connectivity index (χ1v) is 7.93. The Kier molecular flexibility index (Phi) is 6.84. The molecule has 5 nitrogen and oxygen atoms in total. The molecule has 0 unspecified atom stereocenters. The molecule has 126 valence electrons. The van der Waals surface area contributed by atoms with E-state index in [1.807, 2.05) is 61.5 Å². The van der Waals surface area contributed by atoms with Crippen molar-refractivity contribution >= 4 is 13.0 Å². The molecule has 0 aromatic heterocycles. The van der Waals surface area contributed by atoms with E-state index in [0.29, 0.717) is 12.2 Å². The lowest BCUT2D eigenvalue weighted by molar-refractivity contribution is -0.122. The van der Waals surface area contributed by atoms with Gasteiger partial charge in [-0.25, -0.2) is 0 Å². The first-order valence-electron chi connectivity index (χ1n) is 7.93. The molecule has 24 heavy (non-hydrogen) atoms. The van der Waals surface area contributed by atoms with Crippen LogP contribution in [0.15, 0.2) is 54.6 Å². The number of hydrogen-bond acceptors (Lipinski definition) is 4. The molecule has 2 rings (SSSR count). The fourth-order valence-corrected chi connectivity index (χ4v) is 2.34. The van der Waals surface area contributed by atoms with Crippen molar-refractivity contribution in [2.45, 2.75) is 25.7 Å². The molecule has 1 amide bonds. The third-order valence-corrected chi connectivity index (χ3v) is 3.59. The number of amides is 1. The van der Waals surface area contributed by atoms with Crippen LogP contribution in [-0.2, 0) is 11.2 Å². The molecule has 2 aromatic carbocycles. The van der Waals surface area contributed by atoms with Gasteiger partial charge in [0.25, 0.3) is 0 Å². The number of rotatable bonds is 8. The maximum atomic E-state index is 12.0. The largest absolute Gasteiger partial charge is 0.493 e. The zero-order valence-corrected chi connectivity index (χ0v) is 13.7. The highest BCUT2D eigenvalue weighted by atomic mass is 16.5. The maximum Gasteiger partial charge on any atom is 0.475 e. The summed E-state index contributed by atoms with van der Waals surface area (Å²) in [6, 6.07) is 17.0. The van der Waals surface area contributed by atoms with Crippen LogP contribution in [0.2, 0.25) is 0 Å². The number of carbonyl (C=O) groups excluding carboxylic acids is 1. The zero-order valence-electron chi connectivity index (χ0n) is 13.7. The molecule has 0 aliphatic carbocycles. The molecule has 0 heterocycles. The average molecular weight is 327 g/mol. The van der Waals surface area contributed by atoms with Crippen LogP contribution in [0.3, 0.4) is 0 Å². The summed E-state index contributed by atoms with van der Waals surface area (Å²) in [5.41, 5.74) is 2.01. The summed E-state index contributed by atoms with van der Waals surface area (Å²) < 4.78 is 5.53. The van der Waals surface area contributed by atoms with Crippen molar-refractivity contribution in [3.05, 3.63) is 65.7 Å². The third-order valence-electron chi connectivity index (χ3n) is 3.59. The number of benzene rings is 2. The summed E-state index contributed by atoms with van der Waals surface area (Å²) in [4.78, 5) is 12.0. The van der Waals surface area contributed by atoms with Gasteiger partial charge in [-0.15, -0.1) is 0 Å². The van der Waals surface area contributed by atoms with Crippen molar-refractivity contribution in [3.8, 4) is 5.75 Å². The van der Waals surface area contributed by atoms with Gasteiger partial charge in [0.1, 0.15) is 5.75 Å². The van der Waals surface area contributed by atoms with Gasteiger partial charge in [-0.2, -0.15) is 0 Å². The van der Waals surface area contributed by atoms with Crippen molar-refractivity contribution in [2.24, 2.45) is 0 Å². The van der Waals surface area contributed by atoms with E-state index in [9.17, 15) is 14.8 Å². The molecule has 0 radical (unpaired) electrons. The van der Waals surface area contributed by atoms with E-state index >= 15 is 0 Å². The van der Waals surface area contributed by atoms with Crippen LogP contribution in [-0.4, -0.2) is 35.6 Å².